The summed E-state index contributed by atoms with van der Waals surface area (Å²) in [4.78, 5) is 24.2. The van der Waals surface area contributed by atoms with Gasteiger partial charge in [0.15, 0.2) is 0 Å². The fourth-order valence-electron chi connectivity index (χ4n) is 2.93. The van der Waals surface area contributed by atoms with Crippen molar-refractivity contribution >= 4 is 11.8 Å². The Morgan fingerprint density at radius 1 is 0.933 bits per heavy atom. The van der Waals surface area contributed by atoms with Crippen molar-refractivity contribution in [1.29, 1.82) is 0 Å². The Bertz CT molecular complexity index is 989. The van der Waals surface area contributed by atoms with Gasteiger partial charge in [-0.2, -0.15) is 5.10 Å². The second-order valence-corrected chi connectivity index (χ2v) is 8.18. The molecule has 0 radical (unpaired) electrons. The molecule has 0 bridgehead atoms. The van der Waals surface area contributed by atoms with Crippen molar-refractivity contribution in [2.75, 3.05) is 6.54 Å². The van der Waals surface area contributed by atoms with Gasteiger partial charge < -0.3 is 10.6 Å². The first-order valence-corrected chi connectivity index (χ1v) is 10.1. The summed E-state index contributed by atoms with van der Waals surface area (Å²) in [7, 11) is 0. The minimum Gasteiger partial charge on any atom is -0.355 e. The summed E-state index contributed by atoms with van der Waals surface area (Å²) in [6.45, 7) is 6.22. The van der Waals surface area contributed by atoms with Crippen molar-refractivity contribution in [2.24, 2.45) is 5.41 Å². The zero-order valence-electron chi connectivity index (χ0n) is 17.7. The highest BCUT2D eigenvalue weighted by atomic mass is 16.2. The summed E-state index contributed by atoms with van der Waals surface area (Å²) in [5.41, 5.74) is 3.25. The quantitative estimate of drug-likeness (QED) is 0.630. The van der Waals surface area contributed by atoms with Crippen LogP contribution >= 0.6 is 0 Å². The van der Waals surface area contributed by atoms with Gasteiger partial charge >= 0.3 is 0 Å². The van der Waals surface area contributed by atoms with E-state index in [0.717, 1.165) is 22.5 Å². The van der Waals surface area contributed by atoms with E-state index in [4.69, 9.17) is 5.10 Å². The fraction of sp³-hybridized carbons (Fsp3) is 0.292. The predicted molar refractivity (Wildman–Crippen MR) is 118 cm³/mol. The third-order valence-corrected chi connectivity index (χ3v) is 4.65. The molecule has 0 aliphatic heterocycles. The highest BCUT2D eigenvalue weighted by Crippen LogP contribution is 2.23. The molecule has 2 amide bonds. The van der Waals surface area contributed by atoms with Gasteiger partial charge in [-0.1, -0.05) is 69.3 Å². The van der Waals surface area contributed by atoms with Crippen molar-refractivity contribution < 1.29 is 9.59 Å². The number of aromatic nitrogens is 2. The first-order chi connectivity index (χ1) is 14.3. The van der Waals surface area contributed by atoms with Crippen molar-refractivity contribution in [3.8, 4) is 16.9 Å². The van der Waals surface area contributed by atoms with Crippen LogP contribution in [0.15, 0.2) is 66.9 Å². The first kappa shape index (κ1) is 21.3. The normalized spacial score (nSPS) is 11.2. The van der Waals surface area contributed by atoms with Crippen LogP contribution in [0, 0.1) is 5.41 Å². The number of amides is 2. The van der Waals surface area contributed by atoms with Crippen LogP contribution in [0.1, 0.15) is 32.8 Å². The van der Waals surface area contributed by atoms with Crippen LogP contribution in [0.4, 0.5) is 0 Å². The molecule has 3 rings (SSSR count). The molecule has 0 aliphatic rings. The van der Waals surface area contributed by atoms with Crippen molar-refractivity contribution in [3.05, 3.63) is 72.4 Å². The molecule has 0 aliphatic carbocycles. The lowest BCUT2D eigenvalue weighted by atomic mass is 9.96. The second-order valence-electron chi connectivity index (χ2n) is 8.18. The summed E-state index contributed by atoms with van der Waals surface area (Å²) in [5, 5.41) is 10.5. The van der Waals surface area contributed by atoms with Crippen LogP contribution in [-0.2, 0) is 16.1 Å². The van der Waals surface area contributed by atoms with Crippen molar-refractivity contribution in [3.63, 3.8) is 0 Å². The monoisotopic (exact) mass is 404 g/mol. The summed E-state index contributed by atoms with van der Waals surface area (Å²) < 4.78 is 1.83. The molecule has 1 aromatic heterocycles. The van der Waals surface area contributed by atoms with E-state index in [1.807, 2.05) is 92.3 Å². The van der Waals surface area contributed by atoms with E-state index in [-0.39, 0.29) is 18.2 Å². The van der Waals surface area contributed by atoms with E-state index in [9.17, 15) is 9.59 Å². The SMILES string of the molecule is CC(C)(C)C(=O)NCCC(=O)NCc1cn(-c2ccccc2)nc1-c1ccccc1. The molecular formula is C24H28N4O2. The maximum Gasteiger partial charge on any atom is 0.225 e. The Kier molecular flexibility index (Phi) is 6.67. The van der Waals surface area contributed by atoms with E-state index < -0.39 is 5.41 Å². The maximum atomic E-state index is 12.3. The van der Waals surface area contributed by atoms with Crippen LogP contribution < -0.4 is 10.6 Å². The van der Waals surface area contributed by atoms with Gasteiger partial charge in [-0.15, -0.1) is 0 Å². The third kappa shape index (κ3) is 5.56. The molecule has 0 unspecified atom stereocenters. The summed E-state index contributed by atoms with van der Waals surface area (Å²) in [6, 6.07) is 19.8. The minimum absolute atomic E-state index is 0.0641. The highest BCUT2D eigenvalue weighted by Gasteiger charge is 2.20. The van der Waals surface area contributed by atoms with Crippen LogP contribution in [0.25, 0.3) is 16.9 Å². The Hall–Kier alpha value is -3.41. The average molecular weight is 405 g/mol. The molecule has 156 valence electrons. The van der Waals surface area contributed by atoms with Crippen LogP contribution in [-0.4, -0.2) is 28.1 Å². The number of hydrogen-bond acceptors (Lipinski definition) is 3. The predicted octanol–water partition coefficient (Wildman–Crippen LogP) is 3.71. The summed E-state index contributed by atoms with van der Waals surface area (Å²) >= 11 is 0. The minimum atomic E-state index is -0.465. The fourth-order valence-corrected chi connectivity index (χ4v) is 2.93. The van der Waals surface area contributed by atoms with Crippen LogP contribution in [0.5, 0.6) is 0 Å². The number of carbonyl (C=O) groups is 2. The number of nitrogens with one attached hydrogen (secondary N) is 2. The van der Waals surface area contributed by atoms with Gasteiger partial charge in [0, 0.05) is 42.2 Å². The molecule has 1 heterocycles. The topological polar surface area (TPSA) is 76.0 Å². The second kappa shape index (κ2) is 9.39. The smallest absolute Gasteiger partial charge is 0.225 e. The van der Waals surface area contributed by atoms with Gasteiger partial charge in [0.1, 0.15) is 0 Å². The zero-order valence-corrected chi connectivity index (χ0v) is 17.7. The number of hydrogen-bond donors (Lipinski definition) is 2. The van der Waals surface area contributed by atoms with Gasteiger partial charge in [0.2, 0.25) is 11.8 Å². The van der Waals surface area contributed by atoms with E-state index >= 15 is 0 Å². The molecule has 3 aromatic rings. The largest absolute Gasteiger partial charge is 0.355 e. The van der Waals surface area contributed by atoms with Crippen LogP contribution in [0.2, 0.25) is 0 Å². The van der Waals surface area contributed by atoms with Crippen LogP contribution in [0.3, 0.4) is 0 Å². The highest BCUT2D eigenvalue weighted by molar-refractivity contribution is 5.82. The lowest BCUT2D eigenvalue weighted by Crippen LogP contribution is -2.37. The van der Waals surface area contributed by atoms with E-state index in [1.54, 1.807) is 0 Å². The molecule has 30 heavy (non-hydrogen) atoms. The molecule has 0 saturated heterocycles. The molecule has 0 spiro atoms. The summed E-state index contributed by atoms with van der Waals surface area (Å²) in [6.07, 6.45) is 2.18. The van der Waals surface area contributed by atoms with E-state index in [1.165, 1.54) is 0 Å². The molecule has 6 heteroatoms. The van der Waals surface area contributed by atoms with E-state index in [2.05, 4.69) is 10.6 Å². The standard InChI is InChI=1S/C24H28N4O2/c1-24(2,3)23(30)25-15-14-21(29)26-16-19-17-28(20-12-8-5-9-13-20)27-22(19)18-10-6-4-7-11-18/h4-13,17H,14-16H2,1-3H3,(H,25,30)(H,26,29). The van der Waals surface area contributed by atoms with E-state index in [0.29, 0.717) is 13.1 Å². The third-order valence-electron chi connectivity index (χ3n) is 4.65. The van der Waals surface area contributed by atoms with Gasteiger partial charge in [-0.05, 0) is 12.1 Å². The lowest BCUT2D eigenvalue weighted by molar-refractivity contribution is -0.128. The summed E-state index contributed by atoms with van der Waals surface area (Å²) in [5.74, 6) is -0.179. The van der Waals surface area contributed by atoms with Gasteiger partial charge in [-0.25, -0.2) is 4.68 Å². The first-order valence-electron chi connectivity index (χ1n) is 10.1. The molecule has 2 aromatic carbocycles. The number of rotatable bonds is 7. The zero-order chi connectivity index (χ0) is 21.6. The van der Waals surface area contributed by atoms with Crippen molar-refractivity contribution in [1.82, 2.24) is 20.4 Å². The van der Waals surface area contributed by atoms with Gasteiger partial charge in [0.25, 0.3) is 0 Å². The van der Waals surface area contributed by atoms with Gasteiger partial charge in [-0.3, -0.25) is 9.59 Å². The Morgan fingerprint density at radius 3 is 2.20 bits per heavy atom. The maximum absolute atomic E-state index is 12.3. The average Bonchev–Trinajstić information content (AvgIpc) is 3.17. The number of para-hydroxylation sites is 1. The molecule has 0 fully saturated rings. The number of carbonyl (C=O) groups excluding carboxylic acids is 2. The molecule has 0 atom stereocenters. The lowest BCUT2D eigenvalue weighted by Gasteiger charge is -2.17. The molecule has 6 nitrogen and oxygen atoms in total. The van der Waals surface area contributed by atoms with Crippen molar-refractivity contribution in [2.45, 2.75) is 33.7 Å². The number of nitrogens with zero attached hydrogens (tertiary/aromatic N) is 2. The molecule has 0 saturated carbocycles. The Balaban J connectivity index is 1.68. The Labute approximate surface area is 177 Å². The van der Waals surface area contributed by atoms with Gasteiger partial charge in [0.05, 0.1) is 11.4 Å². The molecular weight excluding hydrogens is 376 g/mol. The molecule has 2 N–H and O–H groups in total. The Morgan fingerprint density at radius 2 is 1.57 bits per heavy atom. The number of benzene rings is 2.